The summed E-state index contributed by atoms with van der Waals surface area (Å²) in [4.78, 5) is 12.5. The minimum Gasteiger partial charge on any atom is -0.394 e. The minimum atomic E-state index is -0.479. The van der Waals surface area contributed by atoms with Crippen LogP contribution in [-0.2, 0) is 0 Å². The zero-order valence-electron chi connectivity index (χ0n) is 10.6. The molecule has 0 saturated carbocycles. The van der Waals surface area contributed by atoms with Crippen molar-refractivity contribution in [2.24, 2.45) is 5.92 Å². The molecule has 2 rings (SSSR count). The van der Waals surface area contributed by atoms with Gasteiger partial charge in [0, 0.05) is 12.6 Å². The predicted octanol–water partition coefficient (Wildman–Crippen LogP) is 1.67. The van der Waals surface area contributed by atoms with Crippen LogP contribution in [0.3, 0.4) is 0 Å². The number of aliphatic hydroxyl groups excluding tert-OH is 1. The lowest BCUT2D eigenvalue weighted by molar-refractivity contribution is -0.384. The lowest BCUT2D eigenvalue weighted by Gasteiger charge is -2.26. The summed E-state index contributed by atoms with van der Waals surface area (Å²) in [6.07, 6.45) is 0.891. The molecule has 1 aromatic rings. The maximum Gasteiger partial charge on any atom is 0.293 e. The summed E-state index contributed by atoms with van der Waals surface area (Å²) in [7, 11) is 0. The number of anilines is 1. The zero-order chi connectivity index (χ0) is 14.0. The third-order valence-electron chi connectivity index (χ3n) is 3.68. The van der Waals surface area contributed by atoms with Gasteiger partial charge in [0.1, 0.15) is 5.69 Å². The van der Waals surface area contributed by atoms with Gasteiger partial charge in [-0.1, -0.05) is 6.92 Å². The van der Waals surface area contributed by atoms with Gasteiger partial charge in [-0.2, -0.15) is 5.26 Å². The molecule has 0 aliphatic carbocycles. The van der Waals surface area contributed by atoms with Crippen molar-refractivity contribution in [1.82, 2.24) is 0 Å². The highest BCUT2D eigenvalue weighted by Gasteiger charge is 2.34. The molecule has 1 saturated heterocycles. The Labute approximate surface area is 111 Å². The van der Waals surface area contributed by atoms with Crippen LogP contribution in [0.25, 0.3) is 0 Å². The fraction of sp³-hybridized carbons (Fsp3) is 0.462. The molecule has 1 aliphatic rings. The second-order valence-corrected chi connectivity index (χ2v) is 4.78. The topological polar surface area (TPSA) is 90.4 Å². The number of nitrogens with zero attached hydrogens (tertiary/aromatic N) is 3. The van der Waals surface area contributed by atoms with Crippen molar-refractivity contribution in [3.63, 3.8) is 0 Å². The molecule has 0 amide bonds. The van der Waals surface area contributed by atoms with Crippen LogP contribution in [0.15, 0.2) is 18.2 Å². The molecule has 1 fully saturated rings. The minimum absolute atomic E-state index is 0.0294. The molecule has 19 heavy (non-hydrogen) atoms. The number of aliphatic hydroxyl groups is 1. The van der Waals surface area contributed by atoms with E-state index in [1.807, 2.05) is 17.9 Å². The SMILES string of the molecule is CC1CCN(c2ccc(C#N)cc2[N+](=O)[O-])C1CO. The molecule has 0 aromatic heterocycles. The van der Waals surface area contributed by atoms with Gasteiger partial charge in [0.25, 0.3) is 5.69 Å². The quantitative estimate of drug-likeness (QED) is 0.660. The Balaban J connectivity index is 2.45. The third-order valence-corrected chi connectivity index (χ3v) is 3.68. The van der Waals surface area contributed by atoms with Crippen LogP contribution in [-0.4, -0.2) is 29.2 Å². The van der Waals surface area contributed by atoms with Crippen LogP contribution in [0.5, 0.6) is 0 Å². The van der Waals surface area contributed by atoms with Crippen molar-refractivity contribution in [3.05, 3.63) is 33.9 Å². The second-order valence-electron chi connectivity index (χ2n) is 4.78. The average molecular weight is 261 g/mol. The van der Waals surface area contributed by atoms with E-state index >= 15 is 0 Å². The number of rotatable bonds is 3. The van der Waals surface area contributed by atoms with Gasteiger partial charge in [-0.15, -0.1) is 0 Å². The van der Waals surface area contributed by atoms with Crippen molar-refractivity contribution >= 4 is 11.4 Å². The Hall–Kier alpha value is -2.13. The number of hydrogen-bond donors (Lipinski definition) is 1. The first-order valence-corrected chi connectivity index (χ1v) is 6.14. The normalized spacial score (nSPS) is 22.3. The fourth-order valence-corrected chi connectivity index (χ4v) is 2.57. The average Bonchev–Trinajstić information content (AvgIpc) is 2.78. The van der Waals surface area contributed by atoms with E-state index in [1.165, 1.54) is 6.07 Å². The first-order valence-electron chi connectivity index (χ1n) is 6.14. The number of nitriles is 1. The number of nitro benzene ring substituents is 1. The van der Waals surface area contributed by atoms with Crippen LogP contribution >= 0.6 is 0 Å². The fourth-order valence-electron chi connectivity index (χ4n) is 2.57. The summed E-state index contributed by atoms with van der Waals surface area (Å²) >= 11 is 0. The van der Waals surface area contributed by atoms with Crippen LogP contribution in [0.2, 0.25) is 0 Å². The summed E-state index contributed by atoms with van der Waals surface area (Å²) in [5.41, 5.74) is 0.669. The molecule has 0 bridgehead atoms. The molecule has 1 heterocycles. The molecule has 0 radical (unpaired) electrons. The van der Waals surface area contributed by atoms with Crippen LogP contribution in [0.1, 0.15) is 18.9 Å². The van der Waals surface area contributed by atoms with Gasteiger partial charge in [0.15, 0.2) is 0 Å². The number of benzene rings is 1. The summed E-state index contributed by atoms with van der Waals surface area (Å²) in [5.74, 6) is 0.292. The molecular weight excluding hydrogens is 246 g/mol. The van der Waals surface area contributed by atoms with Gasteiger partial charge < -0.3 is 10.0 Å². The lowest BCUT2D eigenvalue weighted by Crippen LogP contribution is -2.35. The van der Waals surface area contributed by atoms with Crippen molar-refractivity contribution in [1.29, 1.82) is 5.26 Å². The van der Waals surface area contributed by atoms with Crippen molar-refractivity contribution in [2.45, 2.75) is 19.4 Å². The number of nitro groups is 1. The van der Waals surface area contributed by atoms with E-state index < -0.39 is 4.92 Å². The standard InChI is InChI=1S/C13H15N3O3/c1-9-4-5-15(13(9)8-17)11-3-2-10(7-14)6-12(11)16(18)19/h2-3,6,9,13,17H,4-5,8H2,1H3. The molecule has 0 spiro atoms. The maximum atomic E-state index is 11.1. The van der Waals surface area contributed by atoms with Gasteiger partial charge in [0.2, 0.25) is 0 Å². The van der Waals surface area contributed by atoms with E-state index in [1.54, 1.807) is 12.1 Å². The summed E-state index contributed by atoms with van der Waals surface area (Å²) in [6, 6.07) is 6.25. The Morgan fingerprint density at radius 1 is 1.63 bits per heavy atom. The monoisotopic (exact) mass is 261 g/mol. The molecule has 6 nitrogen and oxygen atoms in total. The van der Waals surface area contributed by atoms with E-state index in [-0.39, 0.29) is 23.9 Å². The molecule has 1 aromatic carbocycles. The Morgan fingerprint density at radius 2 is 2.37 bits per heavy atom. The van der Waals surface area contributed by atoms with Crippen LogP contribution in [0.4, 0.5) is 11.4 Å². The van der Waals surface area contributed by atoms with E-state index in [9.17, 15) is 15.2 Å². The Morgan fingerprint density at radius 3 is 2.95 bits per heavy atom. The van der Waals surface area contributed by atoms with Crippen LogP contribution in [0, 0.1) is 27.4 Å². The van der Waals surface area contributed by atoms with Gasteiger partial charge in [0.05, 0.1) is 29.2 Å². The maximum absolute atomic E-state index is 11.1. The van der Waals surface area contributed by atoms with Crippen molar-refractivity contribution in [2.75, 3.05) is 18.1 Å². The van der Waals surface area contributed by atoms with E-state index in [2.05, 4.69) is 0 Å². The molecule has 1 N–H and O–H groups in total. The van der Waals surface area contributed by atoms with Gasteiger partial charge in [-0.25, -0.2) is 0 Å². The zero-order valence-corrected chi connectivity index (χ0v) is 10.6. The van der Waals surface area contributed by atoms with Crippen molar-refractivity contribution in [3.8, 4) is 6.07 Å². The highest BCUT2D eigenvalue weighted by molar-refractivity contribution is 5.66. The lowest BCUT2D eigenvalue weighted by atomic mass is 10.0. The van der Waals surface area contributed by atoms with Crippen molar-refractivity contribution < 1.29 is 10.0 Å². The van der Waals surface area contributed by atoms with E-state index in [4.69, 9.17) is 5.26 Å². The highest BCUT2D eigenvalue weighted by atomic mass is 16.6. The van der Waals surface area contributed by atoms with E-state index in [0.29, 0.717) is 18.2 Å². The molecule has 2 unspecified atom stereocenters. The van der Waals surface area contributed by atoms with Gasteiger partial charge in [-0.05, 0) is 24.5 Å². The summed E-state index contributed by atoms with van der Waals surface area (Å²) < 4.78 is 0. The highest BCUT2D eigenvalue weighted by Crippen LogP contribution is 2.36. The smallest absolute Gasteiger partial charge is 0.293 e. The van der Waals surface area contributed by atoms with Crippen LogP contribution < -0.4 is 4.90 Å². The van der Waals surface area contributed by atoms with E-state index in [0.717, 1.165) is 6.42 Å². The molecular formula is C13H15N3O3. The molecule has 2 atom stereocenters. The third kappa shape index (κ3) is 2.37. The second kappa shape index (κ2) is 5.24. The Kier molecular flexibility index (Phi) is 3.67. The molecule has 1 aliphatic heterocycles. The van der Waals surface area contributed by atoms with Gasteiger partial charge >= 0.3 is 0 Å². The first-order chi connectivity index (χ1) is 9.08. The Bertz CT molecular complexity index is 538. The predicted molar refractivity (Wildman–Crippen MR) is 69.8 cm³/mol. The van der Waals surface area contributed by atoms with Gasteiger partial charge in [-0.3, -0.25) is 10.1 Å². The summed E-state index contributed by atoms with van der Waals surface area (Å²) in [6.45, 7) is 2.67. The molecule has 6 heteroatoms. The molecule has 100 valence electrons. The largest absolute Gasteiger partial charge is 0.394 e. The first kappa shape index (κ1) is 13.3. The summed E-state index contributed by atoms with van der Waals surface area (Å²) in [5, 5.41) is 29.4. The number of hydrogen-bond acceptors (Lipinski definition) is 5.